The number of carboxylic acids is 1. The number of aliphatic carboxylic acids is 1. The lowest BCUT2D eigenvalue weighted by atomic mass is 10.1. The maximum Gasteiger partial charge on any atom is 0.321 e. The van der Waals surface area contributed by atoms with Crippen LogP contribution in [0.1, 0.15) is 15.2 Å². The Balaban J connectivity index is 1.41. The molecular weight excluding hydrogens is 456 g/mol. The number of carbonyl (C=O) groups is 4. The maximum absolute atomic E-state index is 12.6. The molecule has 0 saturated carbocycles. The zero-order valence-corrected chi connectivity index (χ0v) is 18.5. The van der Waals surface area contributed by atoms with Crippen LogP contribution in [-0.2, 0) is 20.8 Å². The highest BCUT2D eigenvalue weighted by molar-refractivity contribution is 8.14. The minimum absolute atomic E-state index is 0.161. The van der Waals surface area contributed by atoms with E-state index in [9.17, 15) is 24.3 Å². The molecule has 2 aromatic rings. The van der Waals surface area contributed by atoms with Crippen LogP contribution in [-0.4, -0.2) is 55.3 Å². The number of nitrogens with one attached hydrogen (secondary N) is 1. The Kier molecular flexibility index (Phi) is 6.49. The molecule has 10 heteroatoms. The van der Waals surface area contributed by atoms with Gasteiger partial charge in [-0.15, -0.1) is 23.1 Å². The number of fused-ring (bicyclic) bond motifs is 1. The highest BCUT2D eigenvalue weighted by atomic mass is 32.2. The molecule has 4 rings (SSSR count). The fourth-order valence-electron chi connectivity index (χ4n) is 3.31. The summed E-state index contributed by atoms with van der Waals surface area (Å²) in [5.41, 5.74) is 1.02. The van der Waals surface area contributed by atoms with Crippen LogP contribution in [0.25, 0.3) is 0 Å². The van der Waals surface area contributed by atoms with Crippen molar-refractivity contribution in [1.29, 1.82) is 0 Å². The number of rotatable bonds is 7. The van der Waals surface area contributed by atoms with Crippen LogP contribution in [0.2, 0.25) is 0 Å². The molecule has 1 fully saturated rings. The van der Waals surface area contributed by atoms with Crippen molar-refractivity contribution >= 4 is 57.8 Å². The number of thioether (sulfide) groups is 2. The van der Waals surface area contributed by atoms with Gasteiger partial charge < -0.3 is 15.3 Å². The van der Waals surface area contributed by atoms with Crippen molar-refractivity contribution in [1.82, 2.24) is 10.2 Å². The first kappa shape index (κ1) is 21.7. The van der Waals surface area contributed by atoms with E-state index < -0.39 is 22.6 Å². The molecule has 1 aromatic carbocycles. The van der Waals surface area contributed by atoms with Gasteiger partial charge >= 0.3 is 5.97 Å². The van der Waals surface area contributed by atoms with Crippen molar-refractivity contribution in [2.24, 2.45) is 0 Å². The molecule has 1 saturated heterocycles. The average Bonchev–Trinajstić information content (AvgIpc) is 3.28. The van der Waals surface area contributed by atoms with E-state index in [0.29, 0.717) is 11.1 Å². The zero-order valence-electron chi connectivity index (χ0n) is 16.1. The third kappa shape index (κ3) is 4.70. The number of nitrogens with zero attached hydrogens (tertiary/aromatic N) is 1. The molecule has 0 bridgehead atoms. The predicted octanol–water partition coefficient (Wildman–Crippen LogP) is 2.60. The number of thiophene rings is 1. The lowest BCUT2D eigenvalue weighted by Crippen LogP contribution is -2.69. The highest BCUT2D eigenvalue weighted by Crippen LogP contribution is 2.41. The summed E-state index contributed by atoms with van der Waals surface area (Å²) in [6.45, 7) is 0. The van der Waals surface area contributed by atoms with Gasteiger partial charge in [-0.2, -0.15) is 0 Å². The number of hydrogen-bond donors (Lipinski definition) is 2. The van der Waals surface area contributed by atoms with Crippen molar-refractivity contribution < 1.29 is 24.3 Å². The SMILES string of the molecule is O=C(Cc1cccs1)NC1C(=O)N2C=C(CSC(=O)c3ccccc3)C(C(=O)O)S[C@H]12. The fourth-order valence-corrected chi connectivity index (χ4v) is 6.31. The second-order valence-corrected chi connectivity index (χ2v) is 10.1. The van der Waals surface area contributed by atoms with E-state index in [0.717, 1.165) is 28.4 Å². The van der Waals surface area contributed by atoms with E-state index in [-0.39, 0.29) is 29.1 Å². The van der Waals surface area contributed by atoms with Gasteiger partial charge in [0.05, 0.1) is 6.42 Å². The summed E-state index contributed by atoms with van der Waals surface area (Å²) in [6.07, 6.45) is 1.70. The molecule has 0 spiro atoms. The standard InChI is InChI=1S/C21H18N2O5S3/c24-15(9-14-7-4-8-29-14)22-16-18(25)23-10-13(17(20(26)27)31-19(16)23)11-30-21(28)12-5-2-1-3-6-12/h1-8,10,16-17,19H,9,11H2,(H,22,24)(H,26,27)/t16?,17?,19-/m1/s1. The fraction of sp³-hybridized carbons (Fsp3) is 0.238. The molecule has 2 unspecified atom stereocenters. The molecule has 0 aliphatic carbocycles. The minimum atomic E-state index is -1.04. The molecule has 2 N–H and O–H groups in total. The normalized spacial score (nSPS) is 22.2. The van der Waals surface area contributed by atoms with Crippen LogP contribution >= 0.6 is 34.9 Å². The molecule has 7 nitrogen and oxygen atoms in total. The first-order valence-electron chi connectivity index (χ1n) is 9.39. The highest BCUT2D eigenvalue weighted by Gasteiger charge is 2.52. The molecule has 2 aliphatic heterocycles. The van der Waals surface area contributed by atoms with Gasteiger partial charge in [0.2, 0.25) is 11.0 Å². The average molecular weight is 475 g/mol. The van der Waals surface area contributed by atoms with Crippen molar-refractivity contribution in [2.45, 2.75) is 23.1 Å². The number of β-lactam (4-membered cyclic amide) rings is 1. The minimum Gasteiger partial charge on any atom is -0.480 e. The summed E-state index contributed by atoms with van der Waals surface area (Å²) in [5, 5.41) is 12.8. The lowest BCUT2D eigenvalue weighted by Gasteiger charge is -2.48. The van der Waals surface area contributed by atoms with Crippen LogP contribution in [0.15, 0.2) is 59.6 Å². The smallest absolute Gasteiger partial charge is 0.321 e. The second-order valence-electron chi connectivity index (χ2n) is 6.94. The molecule has 2 aliphatic rings. The van der Waals surface area contributed by atoms with Gasteiger partial charge in [0.1, 0.15) is 16.7 Å². The van der Waals surface area contributed by atoms with Crippen molar-refractivity contribution in [2.75, 3.05) is 5.75 Å². The van der Waals surface area contributed by atoms with Crippen LogP contribution in [0.5, 0.6) is 0 Å². The molecule has 2 amide bonds. The second kappa shape index (κ2) is 9.29. The molecular formula is C21H18N2O5S3. The monoisotopic (exact) mass is 474 g/mol. The Hall–Kier alpha value is -2.56. The number of carboxylic acid groups (broad SMARTS) is 1. The van der Waals surface area contributed by atoms with Crippen LogP contribution in [0, 0.1) is 0 Å². The number of carbonyl (C=O) groups excluding carboxylic acids is 3. The summed E-state index contributed by atoms with van der Waals surface area (Å²) in [6, 6.07) is 11.7. The van der Waals surface area contributed by atoms with Gasteiger partial charge in [0.15, 0.2) is 0 Å². The largest absolute Gasteiger partial charge is 0.480 e. The summed E-state index contributed by atoms with van der Waals surface area (Å²) < 4.78 is 0. The van der Waals surface area contributed by atoms with E-state index in [1.165, 1.54) is 22.4 Å². The van der Waals surface area contributed by atoms with Crippen molar-refractivity contribution in [3.05, 3.63) is 70.1 Å². The summed E-state index contributed by atoms with van der Waals surface area (Å²) in [7, 11) is 0. The summed E-state index contributed by atoms with van der Waals surface area (Å²) in [5.74, 6) is -1.42. The predicted molar refractivity (Wildman–Crippen MR) is 121 cm³/mol. The van der Waals surface area contributed by atoms with E-state index >= 15 is 0 Å². The lowest BCUT2D eigenvalue weighted by molar-refractivity contribution is -0.145. The van der Waals surface area contributed by atoms with E-state index in [1.807, 2.05) is 23.6 Å². The molecule has 31 heavy (non-hydrogen) atoms. The molecule has 3 heterocycles. The van der Waals surface area contributed by atoms with Crippen LogP contribution < -0.4 is 5.32 Å². The Morgan fingerprint density at radius 1 is 1.13 bits per heavy atom. The Labute approximate surface area is 190 Å². The molecule has 0 radical (unpaired) electrons. The molecule has 160 valence electrons. The van der Waals surface area contributed by atoms with Crippen molar-refractivity contribution in [3.8, 4) is 0 Å². The third-order valence-electron chi connectivity index (χ3n) is 4.83. The van der Waals surface area contributed by atoms with Gasteiger partial charge in [0.25, 0.3) is 5.91 Å². The van der Waals surface area contributed by atoms with E-state index in [2.05, 4.69) is 5.32 Å². The number of hydrogen-bond acceptors (Lipinski definition) is 7. The summed E-state index contributed by atoms with van der Waals surface area (Å²) in [4.78, 5) is 51.3. The van der Waals surface area contributed by atoms with Gasteiger partial charge in [0, 0.05) is 22.4 Å². The number of benzene rings is 1. The first-order valence-corrected chi connectivity index (χ1v) is 12.2. The first-order chi connectivity index (χ1) is 14.9. The van der Waals surface area contributed by atoms with Gasteiger partial charge in [-0.05, 0) is 17.0 Å². The Morgan fingerprint density at radius 3 is 2.58 bits per heavy atom. The van der Waals surface area contributed by atoms with Crippen molar-refractivity contribution in [3.63, 3.8) is 0 Å². The summed E-state index contributed by atoms with van der Waals surface area (Å²) >= 11 is 3.58. The Bertz CT molecular complexity index is 1040. The van der Waals surface area contributed by atoms with E-state index in [1.54, 1.807) is 24.3 Å². The van der Waals surface area contributed by atoms with Gasteiger partial charge in [-0.1, -0.05) is 48.2 Å². The third-order valence-corrected chi connectivity index (χ3v) is 8.24. The topological polar surface area (TPSA) is 104 Å². The van der Waals surface area contributed by atoms with E-state index in [4.69, 9.17) is 0 Å². The maximum atomic E-state index is 12.6. The van der Waals surface area contributed by atoms with Crippen LogP contribution in [0.3, 0.4) is 0 Å². The quantitative estimate of drug-likeness (QED) is 0.595. The Morgan fingerprint density at radius 2 is 1.90 bits per heavy atom. The number of amides is 2. The zero-order chi connectivity index (χ0) is 22.0. The van der Waals surface area contributed by atoms with Crippen LogP contribution in [0.4, 0.5) is 0 Å². The molecule has 1 aromatic heterocycles. The molecule has 3 atom stereocenters. The van der Waals surface area contributed by atoms with Gasteiger partial charge in [-0.25, -0.2) is 0 Å². The van der Waals surface area contributed by atoms with Gasteiger partial charge in [-0.3, -0.25) is 19.2 Å².